The van der Waals surface area contributed by atoms with E-state index < -0.39 is 17.3 Å². The molecule has 4 nitrogen and oxygen atoms in total. The van der Waals surface area contributed by atoms with Crippen LogP contribution >= 0.6 is 0 Å². The molecule has 0 bridgehead atoms. The quantitative estimate of drug-likeness (QED) is 0.797. The Bertz CT molecular complexity index is 644. The van der Waals surface area contributed by atoms with E-state index in [0.29, 0.717) is 5.69 Å². The fraction of sp³-hybridized carbons (Fsp3) is 0.0769. The molecule has 1 aliphatic heterocycles. The Morgan fingerprint density at radius 2 is 2.00 bits per heavy atom. The molecule has 0 spiro atoms. The summed E-state index contributed by atoms with van der Waals surface area (Å²) in [5.74, 6) is -1.30. The Morgan fingerprint density at radius 3 is 2.78 bits per heavy atom. The van der Waals surface area contributed by atoms with Gasteiger partial charge in [0.2, 0.25) is 5.60 Å². The third-order valence-electron chi connectivity index (χ3n) is 3.05. The molecule has 1 amide bonds. The molecule has 0 fully saturated rings. The normalized spacial score (nSPS) is 21.6. The van der Waals surface area contributed by atoms with Gasteiger partial charge in [0.1, 0.15) is 5.82 Å². The van der Waals surface area contributed by atoms with Crippen molar-refractivity contribution in [3.05, 3.63) is 59.7 Å². The highest BCUT2D eigenvalue weighted by Gasteiger charge is 2.48. The van der Waals surface area contributed by atoms with E-state index in [9.17, 15) is 14.3 Å². The van der Waals surface area contributed by atoms with Gasteiger partial charge in [0.15, 0.2) is 0 Å². The zero-order chi connectivity index (χ0) is 12.8. The van der Waals surface area contributed by atoms with Crippen LogP contribution in [-0.4, -0.2) is 16.0 Å². The number of hydrogen-bond donors (Lipinski definition) is 2. The van der Waals surface area contributed by atoms with E-state index in [-0.39, 0.29) is 11.1 Å². The number of rotatable bonds is 1. The standard InChI is InChI=1S/C13H9FN2O2/c14-10-4-2-1-3-8(10)13(18)9-7-15-6-5-11(9)16-12(13)17/h1-7,18H,(H,16,17). The summed E-state index contributed by atoms with van der Waals surface area (Å²) < 4.78 is 13.8. The third kappa shape index (κ3) is 1.28. The van der Waals surface area contributed by atoms with E-state index >= 15 is 0 Å². The van der Waals surface area contributed by atoms with Crippen LogP contribution in [0.15, 0.2) is 42.7 Å². The molecule has 1 atom stereocenters. The number of aromatic nitrogens is 1. The third-order valence-corrected chi connectivity index (χ3v) is 3.05. The molecule has 0 radical (unpaired) electrons. The maximum absolute atomic E-state index is 13.8. The summed E-state index contributed by atoms with van der Waals surface area (Å²) >= 11 is 0. The van der Waals surface area contributed by atoms with Crippen molar-refractivity contribution in [3.63, 3.8) is 0 Å². The van der Waals surface area contributed by atoms with Crippen LogP contribution in [0, 0.1) is 5.82 Å². The predicted molar refractivity (Wildman–Crippen MR) is 62.3 cm³/mol. The van der Waals surface area contributed by atoms with Crippen LogP contribution in [0.5, 0.6) is 0 Å². The van der Waals surface area contributed by atoms with E-state index in [4.69, 9.17) is 0 Å². The molecule has 1 unspecified atom stereocenters. The van der Waals surface area contributed by atoms with Crippen LogP contribution in [0.1, 0.15) is 11.1 Å². The molecule has 1 aliphatic rings. The van der Waals surface area contributed by atoms with Gasteiger partial charge in [-0.15, -0.1) is 0 Å². The van der Waals surface area contributed by atoms with Crippen molar-refractivity contribution in [2.24, 2.45) is 0 Å². The maximum atomic E-state index is 13.8. The monoisotopic (exact) mass is 244 g/mol. The van der Waals surface area contributed by atoms with Crippen molar-refractivity contribution in [1.29, 1.82) is 0 Å². The Labute approximate surface area is 102 Å². The molecule has 5 heteroatoms. The summed E-state index contributed by atoms with van der Waals surface area (Å²) in [7, 11) is 0. The van der Waals surface area contributed by atoms with Gasteiger partial charge in [0.25, 0.3) is 5.91 Å². The van der Waals surface area contributed by atoms with Crippen molar-refractivity contribution in [2.45, 2.75) is 5.60 Å². The number of halogens is 1. The van der Waals surface area contributed by atoms with Crippen molar-refractivity contribution >= 4 is 11.6 Å². The van der Waals surface area contributed by atoms with Gasteiger partial charge in [-0.2, -0.15) is 0 Å². The Balaban J connectivity index is 2.27. The maximum Gasteiger partial charge on any atom is 0.266 e. The number of carbonyl (C=O) groups excluding carboxylic acids is 1. The zero-order valence-electron chi connectivity index (χ0n) is 9.22. The minimum absolute atomic E-state index is 0.0748. The fourth-order valence-electron chi connectivity index (χ4n) is 2.15. The van der Waals surface area contributed by atoms with Crippen LogP contribution in [0.2, 0.25) is 0 Å². The lowest BCUT2D eigenvalue weighted by molar-refractivity contribution is -0.129. The highest BCUT2D eigenvalue weighted by atomic mass is 19.1. The topological polar surface area (TPSA) is 62.2 Å². The van der Waals surface area contributed by atoms with Gasteiger partial charge in [0, 0.05) is 23.5 Å². The molecule has 0 saturated carbocycles. The molecule has 18 heavy (non-hydrogen) atoms. The molecule has 2 aromatic rings. The van der Waals surface area contributed by atoms with Gasteiger partial charge in [-0.05, 0) is 12.1 Å². The molecular weight excluding hydrogens is 235 g/mol. The second kappa shape index (κ2) is 3.61. The number of anilines is 1. The van der Waals surface area contributed by atoms with Crippen LogP contribution in [-0.2, 0) is 10.4 Å². The van der Waals surface area contributed by atoms with Gasteiger partial charge in [0.05, 0.1) is 5.69 Å². The van der Waals surface area contributed by atoms with Gasteiger partial charge in [-0.25, -0.2) is 4.39 Å². The van der Waals surface area contributed by atoms with Crippen molar-refractivity contribution in [1.82, 2.24) is 4.98 Å². The molecule has 2 N–H and O–H groups in total. The number of aliphatic hydroxyl groups is 1. The largest absolute Gasteiger partial charge is 0.372 e. The van der Waals surface area contributed by atoms with E-state index in [1.165, 1.54) is 30.6 Å². The highest BCUT2D eigenvalue weighted by Crippen LogP contribution is 2.40. The fourth-order valence-corrected chi connectivity index (χ4v) is 2.15. The van der Waals surface area contributed by atoms with Crippen molar-refractivity contribution in [3.8, 4) is 0 Å². The molecule has 90 valence electrons. The molecule has 0 aliphatic carbocycles. The molecule has 3 rings (SSSR count). The highest BCUT2D eigenvalue weighted by molar-refractivity contribution is 6.07. The molecular formula is C13H9FN2O2. The lowest BCUT2D eigenvalue weighted by atomic mass is 9.88. The molecule has 0 saturated heterocycles. The SMILES string of the molecule is O=C1Nc2ccncc2C1(O)c1ccccc1F. The van der Waals surface area contributed by atoms with Crippen LogP contribution in [0.3, 0.4) is 0 Å². The number of nitrogens with one attached hydrogen (secondary N) is 1. The van der Waals surface area contributed by atoms with Crippen LogP contribution in [0.4, 0.5) is 10.1 Å². The zero-order valence-corrected chi connectivity index (χ0v) is 9.22. The average Bonchev–Trinajstić information content (AvgIpc) is 2.63. The summed E-state index contributed by atoms with van der Waals surface area (Å²) in [6.45, 7) is 0. The second-order valence-electron chi connectivity index (χ2n) is 4.07. The van der Waals surface area contributed by atoms with Crippen LogP contribution < -0.4 is 5.32 Å². The minimum atomic E-state index is -2.02. The number of carbonyl (C=O) groups is 1. The van der Waals surface area contributed by atoms with Gasteiger partial charge >= 0.3 is 0 Å². The second-order valence-corrected chi connectivity index (χ2v) is 4.07. The van der Waals surface area contributed by atoms with E-state index in [2.05, 4.69) is 10.3 Å². The molecule has 1 aromatic heterocycles. The van der Waals surface area contributed by atoms with Gasteiger partial charge in [-0.3, -0.25) is 9.78 Å². The Hall–Kier alpha value is -2.27. The number of pyridine rings is 1. The Kier molecular flexibility index (Phi) is 2.18. The summed E-state index contributed by atoms with van der Waals surface area (Å²) in [4.78, 5) is 15.8. The summed E-state index contributed by atoms with van der Waals surface area (Å²) in [6.07, 6.45) is 2.85. The minimum Gasteiger partial charge on any atom is -0.372 e. The smallest absolute Gasteiger partial charge is 0.266 e. The predicted octanol–water partition coefficient (Wildman–Crippen LogP) is 1.41. The van der Waals surface area contributed by atoms with Crippen molar-refractivity contribution in [2.75, 3.05) is 5.32 Å². The van der Waals surface area contributed by atoms with Gasteiger partial charge < -0.3 is 10.4 Å². The molecule has 2 heterocycles. The molecule has 1 aromatic carbocycles. The first-order valence-electron chi connectivity index (χ1n) is 5.37. The van der Waals surface area contributed by atoms with E-state index in [1.807, 2.05) is 0 Å². The summed E-state index contributed by atoms with van der Waals surface area (Å²) in [5.41, 5.74) is -1.38. The Morgan fingerprint density at radius 1 is 1.22 bits per heavy atom. The number of hydrogen-bond acceptors (Lipinski definition) is 3. The first kappa shape index (κ1) is 10.9. The first-order chi connectivity index (χ1) is 8.64. The average molecular weight is 244 g/mol. The van der Waals surface area contributed by atoms with Crippen molar-refractivity contribution < 1.29 is 14.3 Å². The van der Waals surface area contributed by atoms with E-state index in [1.54, 1.807) is 12.1 Å². The lowest BCUT2D eigenvalue weighted by Crippen LogP contribution is -2.36. The number of benzene rings is 1. The van der Waals surface area contributed by atoms with Crippen LogP contribution in [0.25, 0.3) is 0 Å². The first-order valence-corrected chi connectivity index (χ1v) is 5.37. The summed E-state index contributed by atoms with van der Waals surface area (Å²) in [5, 5.41) is 13.1. The van der Waals surface area contributed by atoms with E-state index in [0.717, 1.165) is 0 Å². The lowest BCUT2D eigenvalue weighted by Gasteiger charge is -2.21. The number of nitrogens with zero attached hydrogens (tertiary/aromatic N) is 1. The number of fused-ring (bicyclic) bond motifs is 1. The number of amides is 1. The van der Waals surface area contributed by atoms with Gasteiger partial charge in [-0.1, -0.05) is 18.2 Å². The summed E-state index contributed by atoms with van der Waals surface area (Å²) in [6, 6.07) is 7.22.